The molecule has 2 aromatic carbocycles. The van der Waals surface area contributed by atoms with Crippen LogP contribution in [0, 0.1) is 11.3 Å². The lowest BCUT2D eigenvalue weighted by molar-refractivity contribution is 0.621. The van der Waals surface area contributed by atoms with E-state index in [4.69, 9.17) is 0 Å². The zero-order chi connectivity index (χ0) is 14.2. The Morgan fingerprint density at radius 1 is 1.10 bits per heavy atom. The molecular formula is C16H12Br2N2. The Bertz CT molecular complexity index is 689. The molecule has 100 valence electrons. The Hall–Kier alpha value is -1.31. The summed E-state index contributed by atoms with van der Waals surface area (Å²) in [5.74, 6) is 0. The van der Waals surface area contributed by atoms with Gasteiger partial charge in [-0.2, -0.15) is 5.26 Å². The highest BCUT2D eigenvalue weighted by atomic mass is 79.9. The van der Waals surface area contributed by atoms with E-state index in [0.29, 0.717) is 0 Å². The average Bonchev–Trinajstić information content (AvgIpc) is 2.83. The minimum absolute atomic E-state index is 0.632. The van der Waals surface area contributed by atoms with Crippen LogP contribution in [0.1, 0.15) is 17.5 Å². The van der Waals surface area contributed by atoms with E-state index in [2.05, 4.69) is 43.2 Å². The molecule has 0 saturated carbocycles. The number of benzene rings is 2. The number of fused-ring (bicyclic) bond motifs is 1. The monoisotopic (exact) mass is 390 g/mol. The molecule has 3 rings (SSSR count). The maximum atomic E-state index is 9.73. The van der Waals surface area contributed by atoms with Gasteiger partial charge in [0.2, 0.25) is 0 Å². The van der Waals surface area contributed by atoms with Crippen molar-refractivity contribution < 1.29 is 0 Å². The van der Waals surface area contributed by atoms with Gasteiger partial charge in [-0.25, -0.2) is 0 Å². The Balaban J connectivity index is 2.01. The second-order valence-electron chi connectivity index (χ2n) is 4.91. The molecule has 1 N–H and O–H groups in total. The molecule has 0 aliphatic heterocycles. The molecular weight excluding hydrogens is 380 g/mol. The largest absolute Gasteiger partial charge is 0.364 e. The summed E-state index contributed by atoms with van der Waals surface area (Å²) in [4.78, 5) is 0. The molecule has 1 atom stereocenters. The van der Waals surface area contributed by atoms with Crippen molar-refractivity contribution in [3.63, 3.8) is 0 Å². The van der Waals surface area contributed by atoms with Crippen LogP contribution in [0.15, 0.2) is 51.4 Å². The van der Waals surface area contributed by atoms with Gasteiger partial charge in [0, 0.05) is 14.6 Å². The van der Waals surface area contributed by atoms with Crippen molar-refractivity contribution >= 4 is 37.5 Å². The van der Waals surface area contributed by atoms with E-state index in [1.165, 1.54) is 5.56 Å². The fraction of sp³-hybridized carbons (Fsp3) is 0.188. The van der Waals surface area contributed by atoms with Crippen LogP contribution in [-0.2, 0) is 12.0 Å². The molecule has 1 unspecified atom stereocenters. The third-order valence-electron chi connectivity index (χ3n) is 3.72. The number of hydrogen-bond acceptors (Lipinski definition) is 2. The van der Waals surface area contributed by atoms with Crippen molar-refractivity contribution in [2.24, 2.45) is 0 Å². The first-order chi connectivity index (χ1) is 9.64. The minimum Gasteiger partial charge on any atom is -0.364 e. The number of nitrogens with one attached hydrogen (secondary N) is 1. The predicted molar refractivity (Wildman–Crippen MR) is 87.5 cm³/mol. The Labute approximate surface area is 135 Å². The molecule has 0 aromatic heterocycles. The molecule has 0 amide bonds. The maximum absolute atomic E-state index is 9.73. The van der Waals surface area contributed by atoms with E-state index in [0.717, 1.165) is 33.0 Å². The first-order valence-electron chi connectivity index (χ1n) is 6.37. The summed E-state index contributed by atoms with van der Waals surface area (Å²) in [5.41, 5.74) is 2.64. The summed E-state index contributed by atoms with van der Waals surface area (Å²) in [5, 5.41) is 13.1. The van der Waals surface area contributed by atoms with Gasteiger partial charge in [-0.15, -0.1) is 0 Å². The first-order valence-corrected chi connectivity index (χ1v) is 7.96. The minimum atomic E-state index is -0.632. The molecule has 0 spiro atoms. The lowest BCUT2D eigenvalue weighted by Gasteiger charge is -2.25. The summed E-state index contributed by atoms with van der Waals surface area (Å²) >= 11 is 7.00. The molecule has 0 fully saturated rings. The van der Waals surface area contributed by atoms with Crippen molar-refractivity contribution in [1.82, 2.24) is 0 Å². The van der Waals surface area contributed by atoms with Gasteiger partial charge < -0.3 is 5.32 Å². The molecule has 0 heterocycles. The number of nitriles is 1. The van der Waals surface area contributed by atoms with Gasteiger partial charge in [0.25, 0.3) is 0 Å². The topological polar surface area (TPSA) is 35.8 Å². The van der Waals surface area contributed by atoms with Crippen LogP contribution in [0.2, 0.25) is 0 Å². The van der Waals surface area contributed by atoms with E-state index in [1.54, 1.807) is 0 Å². The molecule has 0 saturated heterocycles. The molecule has 1 aliphatic rings. The molecule has 2 nitrogen and oxygen atoms in total. The van der Waals surface area contributed by atoms with Gasteiger partial charge in [-0.05, 0) is 54.3 Å². The summed E-state index contributed by atoms with van der Waals surface area (Å²) in [6, 6.07) is 16.5. The van der Waals surface area contributed by atoms with Gasteiger partial charge in [-0.3, -0.25) is 0 Å². The fourth-order valence-corrected chi connectivity index (χ4v) is 3.54. The van der Waals surface area contributed by atoms with Crippen LogP contribution < -0.4 is 5.32 Å². The van der Waals surface area contributed by atoms with Gasteiger partial charge in [0.1, 0.15) is 0 Å². The Morgan fingerprint density at radius 3 is 2.55 bits per heavy atom. The smallest absolute Gasteiger partial charge is 0.151 e. The van der Waals surface area contributed by atoms with Gasteiger partial charge in [0.15, 0.2) is 5.54 Å². The zero-order valence-electron chi connectivity index (χ0n) is 10.7. The zero-order valence-corrected chi connectivity index (χ0v) is 13.8. The first kappa shape index (κ1) is 13.7. The van der Waals surface area contributed by atoms with Crippen molar-refractivity contribution in [1.29, 1.82) is 5.26 Å². The van der Waals surface area contributed by atoms with E-state index in [1.807, 2.05) is 42.5 Å². The van der Waals surface area contributed by atoms with Crippen LogP contribution in [0.5, 0.6) is 0 Å². The molecule has 0 bridgehead atoms. The van der Waals surface area contributed by atoms with Crippen LogP contribution in [0.3, 0.4) is 0 Å². The number of hydrogen-bond donors (Lipinski definition) is 1. The molecule has 0 radical (unpaired) electrons. The lowest BCUT2D eigenvalue weighted by Crippen LogP contribution is -2.31. The molecule has 20 heavy (non-hydrogen) atoms. The van der Waals surface area contributed by atoms with Gasteiger partial charge in [-0.1, -0.05) is 44.0 Å². The Morgan fingerprint density at radius 2 is 1.85 bits per heavy atom. The second-order valence-corrected chi connectivity index (χ2v) is 6.68. The molecule has 4 heteroatoms. The fourth-order valence-electron chi connectivity index (χ4n) is 2.71. The van der Waals surface area contributed by atoms with Crippen molar-refractivity contribution in [2.45, 2.75) is 18.4 Å². The van der Waals surface area contributed by atoms with Crippen LogP contribution in [-0.4, -0.2) is 0 Å². The molecule has 2 aromatic rings. The number of rotatable bonds is 2. The third kappa shape index (κ3) is 2.25. The van der Waals surface area contributed by atoms with Crippen LogP contribution in [0.4, 0.5) is 5.69 Å². The summed E-state index contributed by atoms with van der Waals surface area (Å²) in [7, 11) is 0. The standard InChI is InChI=1S/C16H12Br2N2/c17-11-4-6-12(7-5-11)20-16(10-19)9-8-13-14(16)2-1-3-15(13)18/h1-7,20H,8-9H2. The third-order valence-corrected chi connectivity index (χ3v) is 4.99. The maximum Gasteiger partial charge on any atom is 0.151 e. The van der Waals surface area contributed by atoms with E-state index in [9.17, 15) is 5.26 Å². The van der Waals surface area contributed by atoms with Crippen molar-refractivity contribution in [3.05, 3.63) is 62.5 Å². The normalized spacial score (nSPS) is 20.2. The quantitative estimate of drug-likeness (QED) is 0.782. The summed E-state index contributed by atoms with van der Waals surface area (Å²) < 4.78 is 2.12. The predicted octanol–water partition coefficient (Wildman–Crippen LogP) is 4.99. The number of anilines is 1. The Kier molecular flexibility index (Phi) is 3.57. The summed E-state index contributed by atoms with van der Waals surface area (Å²) in [6.45, 7) is 0. The molecule has 1 aliphatic carbocycles. The van der Waals surface area contributed by atoms with Crippen molar-refractivity contribution in [3.8, 4) is 6.07 Å². The van der Waals surface area contributed by atoms with Crippen LogP contribution in [0.25, 0.3) is 0 Å². The van der Waals surface area contributed by atoms with Gasteiger partial charge in [0.05, 0.1) is 6.07 Å². The van der Waals surface area contributed by atoms with Crippen molar-refractivity contribution in [2.75, 3.05) is 5.32 Å². The average molecular weight is 392 g/mol. The van der Waals surface area contributed by atoms with E-state index in [-0.39, 0.29) is 0 Å². The van der Waals surface area contributed by atoms with E-state index >= 15 is 0 Å². The highest BCUT2D eigenvalue weighted by Crippen LogP contribution is 2.42. The van der Waals surface area contributed by atoms with Crippen LogP contribution >= 0.6 is 31.9 Å². The second kappa shape index (κ2) is 5.23. The number of halogens is 2. The summed E-state index contributed by atoms with van der Waals surface area (Å²) in [6.07, 6.45) is 1.70. The SMILES string of the molecule is N#CC1(Nc2ccc(Br)cc2)CCc2c(Br)cccc21. The lowest BCUT2D eigenvalue weighted by atomic mass is 9.93. The highest BCUT2D eigenvalue weighted by molar-refractivity contribution is 9.10. The van der Waals surface area contributed by atoms with Gasteiger partial charge >= 0.3 is 0 Å². The highest BCUT2D eigenvalue weighted by Gasteiger charge is 2.39. The van der Waals surface area contributed by atoms with E-state index < -0.39 is 5.54 Å². The number of nitrogens with zero attached hydrogens (tertiary/aromatic N) is 1.